The van der Waals surface area contributed by atoms with Gasteiger partial charge in [0.25, 0.3) is 11.8 Å². The van der Waals surface area contributed by atoms with E-state index in [2.05, 4.69) is 0 Å². The molecule has 8 nitrogen and oxygen atoms in total. The Bertz CT molecular complexity index is 1170. The number of sulfonamides is 1. The Kier molecular flexibility index (Phi) is 5.89. The van der Waals surface area contributed by atoms with Gasteiger partial charge in [-0.3, -0.25) is 14.5 Å². The molecule has 0 aromatic heterocycles. The van der Waals surface area contributed by atoms with Crippen molar-refractivity contribution in [1.82, 2.24) is 9.80 Å². The fraction of sp³-hybridized carbons (Fsp3) is 0.304. The van der Waals surface area contributed by atoms with Gasteiger partial charge in [0.05, 0.1) is 29.2 Å². The number of amides is 2. The lowest BCUT2D eigenvalue weighted by Crippen LogP contribution is -2.46. The quantitative estimate of drug-likeness (QED) is 0.688. The molecule has 0 bridgehead atoms. The fourth-order valence-electron chi connectivity index (χ4n) is 4.19. The van der Waals surface area contributed by atoms with E-state index in [-0.39, 0.29) is 35.5 Å². The van der Waals surface area contributed by atoms with Crippen LogP contribution in [0.3, 0.4) is 0 Å². The summed E-state index contributed by atoms with van der Waals surface area (Å²) >= 11 is 0. The van der Waals surface area contributed by atoms with Crippen molar-refractivity contribution in [1.29, 1.82) is 0 Å². The summed E-state index contributed by atoms with van der Waals surface area (Å²) in [7, 11) is -3.82. The smallest absolute Gasteiger partial charge is 0.278 e. The van der Waals surface area contributed by atoms with Crippen LogP contribution in [0.5, 0.6) is 0 Å². The lowest BCUT2D eigenvalue weighted by atomic mass is 10.0. The molecule has 2 heterocycles. The molecule has 2 atom stereocenters. The zero-order valence-corrected chi connectivity index (χ0v) is 18.7. The van der Waals surface area contributed by atoms with E-state index in [0.717, 1.165) is 0 Å². The van der Waals surface area contributed by atoms with Gasteiger partial charge in [0.15, 0.2) is 0 Å². The number of primary sulfonamides is 1. The van der Waals surface area contributed by atoms with Gasteiger partial charge < -0.3 is 9.64 Å². The first-order valence-electron chi connectivity index (χ1n) is 10.3. The van der Waals surface area contributed by atoms with Gasteiger partial charge >= 0.3 is 0 Å². The Labute approximate surface area is 187 Å². The van der Waals surface area contributed by atoms with Crippen LogP contribution in [0.2, 0.25) is 0 Å². The van der Waals surface area contributed by atoms with Crippen LogP contribution < -0.4 is 5.14 Å². The Morgan fingerprint density at radius 2 is 1.53 bits per heavy atom. The normalized spacial score (nSPS) is 22.1. The van der Waals surface area contributed by atoms with Crippen LogP contribution in [0.1, 0.15) is 25.0 Å². The number of imide groups is 1. The minimum atomic E-state index is -3.82. The minimum absolute atomic E-state index is 0.0256. The van der Waals surface area contributed by atoms with Crippen LogP contribution in [0.25, 0.3) is 5.57 Å². The summed E-state index contributed by atoms with van der Waals surface area (Å²) in [6.07, 6.45) is -0.156. The van der Waals surface area contributed by atoms with Crippen molar-refractivity contribution in [3.63, 3.8) is 0 Å². The van der Waals surface area contributed by atoms with Gasteiger partial charge in [-0.2, -0.15) is 0 Å². The van der Waals surface area contributed by atoms with Crippen LogP contribution in [-0.4, -0.2) is 55.3 Å². The first kappa shape index (κ1) is 22.2. The third-order valence-electron chi connectivity index (χ3n) is 5.53. The molecule has 2 N–H and O–H groups in total. The van der Waals surface area contributed by atoms with Crippen LogP contribution in [-0.2, 0) is 30.9 Å². The number of hydrogen-bond donors (Lipinski definition) is 1. The topological polar surface area (TPSA) is 110 Å². The second-order valence-electron chi connectivity index (χ2n) is 8.14. The zero-order valence-electron chi connectivity index (χ0n) is 17.9. The monoisotopic (exact) mass is 455 g/mol. The van der Waals surface area contributed by atoms with E-state index in [1.807, 2.05) is 49.1 Å². The van der Waals surface area contributed by atoms with Crippen molar-refractivity contribution in [2.75, 3.05) is 13.1 Å². The molecular formula is C23H25N3O5S. The molecule has 1 saturated heterocycles. The Morgan fingerprint density at radius 1 is 0.938 bits per heavy atom. The molecule has 32 heavy (non-hydrogen) atoms. The van der Waals surface area contributed by atoms with Crippen molar-refractivity contribution >= 4 is 27.4 Å². The van der Waals surface area contributed by atoms with E-state index in [9.17, 15) is 18.0 Å². The third-order valence-corrected chi connectivity index (χ3v) is 6.46. The number of nitrogens with two attached hydrogens (primary N) is 1. The molecule has 168 valence electrons. The van der Waals surface area contributed by atoms with Crippen LogP contribution in [0.4, 0.5) is 0 Å². The molecule has 2 amide bonds. The van der Waals surface area contributed by atoms with Crippen molar-refractivity contribution in [2.45, 2.75) is 37.5 Å². The van der Waals surface area contributed by atoms with E-state index < -0.39 is 10.0 Å². The van der Waals surface area contributed by atoms with E-state index in [1.165, 1.54) is 17.0 Å². The van der Waals surface area contributed by atoms with Gasteiger partial charge in [-0.05, 0) is 37.1 Å². The largest absolute Gasteiger partial charge is 0.372 e. The van der Waals surface area contributed by atoms with Gasteiger partial charge in [-0.15, -0.1) is 0 Å². The molecule has 2 aliphatic rings. The van der Waals surface area contributed by atoms with Crippen molar-refractivity contribution in [3.8, 4) is 0 Å². The molecule has 2 aromatic rings. The molecular weight excluding hydrogens is 430 g/mol. The maximum atomic E-state index is 13.5. The maximum Gasteiger partial charge on any atom is 0.278 e. The Hall–Kier alpha value is -3.01. The molecule has 9 heteroatoms. The highest BCUT2D eigenvalue weighted by molar-refractivity contribution is 7.89. The summed E-state index contributed by atoms with van der Waals surface area (Å²) < 4.78 is 28.8. The molecule has 0 spiro atoms. The molecule has 2 aromatic carbocycles. The summed E-state index contributed by atoms with van der Waals surface area (Å²) in [5, 5.41) is 5.15. The summed E-state index contributed by atoms with van der Waals surface area (Å²) in [5.74, 6) is -0.746. The number of morpholine rings is 1. The first-order chi connectivity index (χ1) is 15.1. The van der Waals surface area contributed by atoms with E-state index >= 15 is 0 Å². The van der Waals surface area contributed by atoms with Crippen molar-refractivity contribution < 1.29 is 22.7 Å². The van der Waals surface area contributed by atoms with Crippen molar-refractivity contribution in [2.24, 2.45) is 5.14 Å². The minimum Gasteiger partial charge on any atom is -0.372 e. The fourth-order valence-corrected chi connectivity index (χ4v) is 4.71. The average Bonchev–Trinajstić information content (AvgIpc) is 2.98. The van der Waals surface area contributed by atoms with Gasteiger partial charge in [0.2, 0.25) is 10.0 Å². The van der Waals surface area contributed by atoms with Crippen LogP contribution >= 0.6 is 0 Å². The summed E-state index contributed by atoms with van der Waals surface area (Å²) in [4.78, 5) is 30.0. The highest BCUT2D eigenvalue weighted by Gasteiger charge is 2.43. The molecule has 0 aliphatic carbocycles. The number of carbonyl (C=O) groups excluding carboxylic acids is 2. The summed E-state index contributed by atoms with van der Waals surface area (Å²) in [5.41, 5.74) is 2.05. The van der Waals surface area contributed by atoms with E-state index in [0.29, 0.717) is 35.5 Å². The highest BCUT2D eigenvalue weighted by atomic mass is 32.2. The summed E-state index contributed by atoms with van der Waals surface area (Å²) in [6.45, 7) is 4.92. The second-order valence-corrected chi connectivity index (χ2v) is 9.70. The van der Waals surface area contributed by atoms with Crippen molar-refractivity contribution in [3.05, 3.63) is 71.4 Å². The van der Waals surface area contributed by atoms with E-state index in [4.69, 9.17) is 9.88 Å². The molecule has 0 radical (unpaired) electrons. The molecule has 0 saturated carbocycles. The third kappa shape index (κ3) is 4.32. The number of rotatable bonds is 5. The number of carbonyl (C=O) groups is 2. The first-order valence-corrected chi connectivity index (χ1v) is 11.9. The molecule has 2 aliphatic heterocycles. The number of ether oxygens (including phenoxy) is 1. The Balaban J connectivity index is 1.69. The van der Waals surface area contributed by atoms with E-state index in [1.54, 1.807) is 12.1 Å². The maximum absolute atomic E-state index is 13.5. The number of benzene rings is 2. The lowest BCUT2D eigenvalue weighted by Gasteiger charge is -2.37. The number of nitrogens with zero attached hydrogens (tertiary/aromatic N) is 2. The number of hydrogen-bond acceptors (Lipinski definition) is 6. The lowest BCUT2D eigenvalue weighted by molar-refractivity contribution is -0.139. The SMILES string of the molecule is CC1CN(C2=C(c3ccccc3)C(=O)N(Cc3ccc(S(N)(=O)=O)cc3)C2=O)CC(C)O1. The average molecular weight is 456 g/mol. The second kappa shape index (κ2) is 8.50. The Morgan fingerprint density at radius 3 is 2.09 bits per heavy atom. The standard InChI is InChI=1S/C23H25N3O5S/c1-15-12-25(13-16(2)31-15)21-20(18-6-4-3-5-7-18)22(27)26(23(21)28)14-17-8-10-19(11-9-17)32(24,29)30/h3-11,15-16H,12-14H2,1-2H3,(H2,24,29,30). The van der Waals surface area contributed by atoms with Gasteiger partial charge in [-0.25, -0.2) is 13.6 Å². The summed E-state index contributed by atoms with van der Waals surface area (Å²) in [6, 6.07) is 15.0. The zero-order chi connectivity index (χ0) is 23.0. The van der Waals surface area contributed by atoms with Crippen LogP contribution in [0.15, 0.2) is 65.2 Å². The predicted octanol–water partition coefficient (Wildman–Crippen LogP) is 1.72. The highest BCUT2D eigenvalue weighted by Crippen LogP contribution is 2.34. The molecule has 4 rings (SSSR count). The molecule has 2 unspecified atom stereocenters. The van der Waals surface area contributed by atoms with Gasteiger partial charge in [-0.1, -0.05) is 42.5 Å². The van der Waals surface area contributed by atoms with Crippen LogP contribution in [0, 0.1) is 0 Å². The molecule has 1 fully saturated rings. The van der Waals surface area contributed by atoms with Gasteiger partial charge in [0, 0.05) is 13.1 Å². The van der Waals surface area contributed by atoms with Gasteiger partial charge in [0.1, 0.15) is 5.70 Å². The predicted molar refractivity (Wildman–Crippen MR) is 118 cm³/mol.